The number of hydrogen-bond donors (Lipinski definition) is 2. The van der Waals surface area contributed by atoms with Crippen LogP contribution in [0.25, 0.3) is 0 Å². The molecule has 1 aromatic carbocycles. The fourth-order valence-electron chi connectivity index (χ4n) is 1.28. The minimum atomic E-state index is -1.54. The van der Waals surface area contributed by atoms with E-state index >= 15 is 0 Å². The van der Waals surface area contributed by atoms with Crippen molar-refractivity contribution in [2.24, 2.45) is 0 Å². The molecular formula is C10H14BFO2. The van der Waals surface area contributed by atoms with Crippen LogP contribution in [-0.2, 0) is 5.41 Å². The first-order chi connectivity index (χ1) is 6.32. The molecular weight excluding hydrogens is 182 g/mol. The Morgan fingerprint density at radius 3 is 2.21 bits per heavy atom. The van der Waals surface area contributed by atoms with Crippen molar-refractivity contribution in [3.8, 4) is 0 Å². The molecule has 0 aliphatic rings. The molecule has 1 aromatic rings. The van der Waals surface area contributed by atoms with Gasteiger partial charge < -0.3 is 10.0 Å². The predicted molar refractivity (Wildman–Crippen MR) is 54.9 cm³/mol. The van der Waals surface area contributed by atoms with Crippen molar-refractivity contribution >= 4 is 12.6 Å². The van der Waals surface area contributed by atoms with Crippen molar-refractivity contribution in [2.75, 3.05) is 0 Å². The molecule has 0 saturated heterocycles. The van der Waals surface area contributed by atoms with Gasteiger partial charge in [-0.1, -0.05) is 32.9 Å². The molecule has 0 atom stereocenters. The molecule has 0 aromatic heterocycles. The molecule has 14 heavy (non-hydrogen) atoms. The van der Waals surface area contributed by atoms with E-state index in [1.54, 1.807) is 0 Å². The molecule has 2 nitrogen and oxygen atoms in total. The summed E-state index contributed by atoms with van der Waals surface area (Å²) in [4.78, 5) is 0. The van der Waals surface area contributed by atoms with Crippen LogP contribution in [0.2, 0.25) is 0 Å². The van der Waals surface area contributed by atoms with Crippen LogP contribution < -0.4 is 5.46 Å². The summed E-state index contributed by atoms with van der Waals surface area (Å²) >= 11 is 0. The Labute approximate surface area is 83.5 Å². The van der Waals surface area contributed by atoms with Crippen molar-refractivity contribution in [2.45, 2.75) is 26.2 Å². The Bertz CT molecular complexity index is 331. The van der Waals surface area contributed by atoms with E-state index in [0.717, 1.165) is 0 Å². The highest BCUT2D eigenvalue weighted by Crippen LogP contribution is 2.23. The monoisotopic (exact) mass is 196 g/mol. The maximum atomic E-state index is 13.4. The minimum Gasteiger partial charge on any atom is -0.423 e. The first kappa shape index (κ1) is 11.2. The van der Waals surface area contributed by atoms with Crippen LogP contribution in [0, 0.1) is 5.82 Å². The zero-order valence-corrected chi connectivity index (χ0v) is 8.58. The first-order valence-corrected chi connectivity index (χ1v) is 4.48. The van der Waals surface area contributed by atoms with Crippen molar-refractivity contribution < 1.29 is 14.4 Å². The molecule has 0 unspecified atom stereocenters. The quantitative estimate of drug-likeness (QED) is 0.652. The molecule has 0 spiro atoms. The zero-order valence-electron chi connectivity index (χ0n) is 8.58. The standard InChI is InChI=1S/C10H14BFO2/c1-10(2,3)8-6-7(11(13)14)4-5-9(8)12/h4-6,13-14H,1-3H3. The van der Waals surface area contributed by atoms with Crippen LogP contribution in [-0.4, -0.2) is 17.2 Å². The summed E-state index contributed by atoms with van der Waals surface area (Å²) < 4.78 is 13.4. The maximum Gasteiger partial charge on any atom is 0.488 e. The lowest BCUT2D eigenvalue weighted by atomic mass is 9.76. The number of hydrogen-bond acceptors (Lipinski definition) is 2. The van der Waals surface area contributed by atoms with Crippen LogP contribution in [0.5, 0.6) is 0 Å². The Kier molecular flexibility index (Phi) is 2.97. The number of rotatable bonds is 1. The van der Waals surface area contributed by atoms with E-state index < -0.39 is 7.12 Å². The van der Waals surface area contributed by atoms with E-state index in [0.29, 0.717) is 11.0 Å². The van der Waals surface area contributed by atoms with Gasteiger partial charge in [-0.15, -0.1) is 0 Å². The van der Waals surface area contributed by atoms with Gasteiger partial charge in [0.1, 0.15) is 5.82 Å². The van der Waals surface area contributed by atoms with Crippen LogP contribution in [0.3, 0.4) is 0 Å². The lowest BCUT2D eigenvalue weighted by Gasteiger charge is -2.20. The number of halogens is 1. The van der Waals surface area contributed by atoms with Crippen LogP contribution in [0.1, 0.15) is 26.3 Å². The Morgan fingerprint density at radius 1 is 1.21 bits per heavy atom. The van der Waals surface area contributed by atoms with Gasteiger partial charge in [0.15, 0.2) is 0 Å². The lowest BCUT2D eigenvalue weighted by Crippen LogP contribution is -2.31. The SMILES string of the molecule is CC(C)(C)c1cc(B(O)O)ccc1F. The fraction of sp³-hybridized carbons (Fsp3) is 0.400. The second-order valence-corrected chi connectivity index (χ2v) is 4.36. The minimum absolute atomic E-state index is 0.316. The zero-order chi connectivity index (χ0) is 10.9. The highest BCUT2D eigenvalue weighted by molar-refractivity contribution is 6.58. The topological polar surface area (TPSA) is 40.5 Å². The van der Waals surface area contributed by atoms with Gasteiger partial charge in [-0.25, -0.2) is 4.39 Å². The van der Waals surface area contributed by atoms with Crippen molar-refractivity contribution in [3.05, 3.63) is 29.6 Å². The Hall–Kier alpha value is -0.865. The van der Waals surface area contributed by atoms with E-state index in [4.69, 9.17) is 10.0 Å². The van der Waals surface area contributed by atoms with Gasteiger partial charge in [-0.2, -0.15) is 0 Å². The smallest absolute Gasteiger partial charge is 0.423 e. The Balaban J connectivity index is 3.22. The number of benzene rings is 1. The summed E-state index contributed by atoms with van der Waals surface area (Å²) in [5, 5.41) is 17.9. The normalized spacial score (nSPS) is 11.6. The van der Waals surface area contributed by atoms with Crippen molar-refractivity contribution in [1.82, 2.24) is 0 Å². The van der Waals surface area contributed by atoms with E-state index in [1.165, 1.54) is 18.2 Å². The summed E-state index contributed by atoms with van der Waals surface area (Å²) in [6.45, 7) is 5.62. The van der Waals surface area contributed by atoms with Crippen molar-refractivity contribution in [3.63, 3.8) is 0 Å². The summed E-state index contributed by atoms with van der Waals surface area (Å²) in [5.74, 6) is -0.318. The average molecular weight is 196 g/mol. The average Bonchev–Trinajstić information content (AvgIpc) is 2.02. The van der Waals surface area contributed by atoms with Crippen LogP contribution in [0.4, 0.5) is 4.39 Å². The van der Waals surface area contributed by atoms with Gasteiger partial charge in [0, 0.05) is 0 Å². The van der Waals surface area contributed by atoms with Crippen molar-refractivity contribution in [1.29, 1.82) is 0 Å². The van der Waals surface area contributed by atoms with E-state index in [-0.39, 0.29) is 11.2 Å². The molecule has 0 fully saturated rings. The molecule has 0 heterocycles. The summed E-state index contributed by atoms with van der Waals surface area (Å²) in [5.41, 5.74) is 0.467. The Morgan fingerprint density at radius 2 is 1.79 bits per heavy atom. The third-order valence-electron chi connectivity index (χ3n) is 2.10. The predicted octanol–water partition coefficient (Wildman–Crippen LogP) is 0.803. The molecule has 0 amide bonds. The molecule has 1 rings (SSSR count). The molecule has 0 aliphatic heterocycles. The molecule has 0 radical (unpaired) electrons. The second-order valence-electron chi connectivity index (χ2n) is 4.36. The fourth-order valence-corrected chi connectivity index (χ4v) is 1.28. The van der Waals surface area contributed by atoms with E-state index in [2.05, 4.69) is 0 Å². The molecule has 4 heteroatoms. The van der Waals surface area contributed by atoms with Crippen LogP contribution >= 0.6 is 0 Å². The highest BCUT2D eigenvalue weighted by atomic mass is 19.1. The van der Waals surface area contributed by atoms with Gasteiger partial charge in [0.25, 0.3) is 0 Å². The first-order valence-electron chi connectivity index (χ1n) is 4.48. The maximum absolute atomic E-state index is 13.4. The summed E-state index contributed by atoms with van der Waals surface area (Å²) in [6, 6.07) is 4.12. The highest BCUT2D eigenvalue weighted by Gasteiger charge is 2.21. The molecule has 76 valence electrons. The van der Waals surface area contributed by atoms with Crippen LogP contribution in [0.15, 0.2) is 18.2 Å². The largest absolute Gasteiger partial charge is 0.488 e. The third kappa shape index (κ3) is 2.33. The molecule has 0 aliphatic carbocycles. The van der Waals surface area contributed by atoms with Gasteiger partial charge in [0.05, 0.1) is 0 Å². The second kappa shape index (κ2) is 3.71. The van der Waals surface area contributed by atoms with Gasteiger partial charge >= 0.3 is 7.12 Å². The van der Waals surface area contributed by atoms with Gasteiger partial charge in [-0.3, -0.25) is 0 Å². The lowest BCUT2D eigenvalue weighted by molar-refractivity contribution is 0.425. The summed E-state index contributed by atoms with van der Waals surface area (Å²) in [6.07, 6.45) is 0. The molecule has 0 saturated carbocycles. The van der Waals surface area contributed by atoms with E-state index in [9.17, 15) is 4.39 Å². The van der Waals surface area contributed by atoms with Gasteiger partial charge in [0.2, 0.25) is 0 Å². The molecule has 0 bridgehead atoms. The summed E-state index contributed by atoms with van der Waals surface area (Å²) in [7, 11) is -1.54. The van der Waals surface area contributed by atoms with Gasteiger partial charge in [-0.05, 0) is 22.5 Å². The van der Waals surface area contributed by atoms with E-state index in [1.807, 2.05) is 20.8 Å². The molecule has 2 N–H and O–H groups in total. The third-order valence-corrected chi connectivity index (χ3v) is 2.10.